The van der Waals surface area contributed by atoms with E-state index in [1.54, 1.807) is 6.26 Å². The highest BCUT2D eigenvalue weighted by atomic mass is 32.2. The van der Waals surface area contributed by atoms with Crippen molar-refractivity contribution < 1.29 is 13.9 Å². The smallest absolute Gasteiger partial charge is 0.292 e. The van der Waals surface area contributed by atoms with Crippen molar-refractivity contribution in [3.63, 3.8) is 0 Å². The Morgan fingerprint density at radius 2 is 1.96 bits per heavy atom. The fourth-order valence-electron chi connectivity index (χ4n) is 2.23. The molecule has 0 aliphatic rings. The van der Waals surface area contributed by atoms with E-state index in [4.69, 9.17) is 5.73 Å². The van der Waals surface area contributed by atoms with Crippen LogP contribution < -0.4 is 11.1 Å². The zero-order chi connectivity index (χ0) is 17.7. The summed E-state index contributed by atoms with van der Waals surface area (Å²) in [6.07, 6.45) is 1.55. The van der Waals surface area contributed by atoms with Gasteiger partial charge in [-0.2, -0.15) is 0 Å². The summed E-state index contributed by atoms with van der Waals surface area (Å²) in [4.78, 5) is 22.7. The molecule has 0 unspecified atom stereocenters. The first-order valence-electron chi connectivity index (χ1n) is 7.08. The molecule has 0 aliphatic heterocycles. The van der Waals surface area contributed by atoms with Crippen LogP contribution in [0.2, 0.25) is 0 Å². The Balaban J connectivity index is 2.26. The summed E-state index contributed by atoms with van der Waals surface area (Å²) >= 11 is 0. The van der Waals surface area contributed by atoms with Crippen molar-refractivity contribution in [3.05, 3.63) is 69.8 Å². The summed E-state index contributed by atoms with van der Waals surface area (Å²) in [6.45, 7) is 0. The molecule has 3 N–H and O–H groups in total. The lowest BCUT2D eigenvalue weighted by atomic mass is 10.1. The summed E-state index contributed by atoms with van der Waals surface area (Å²) < 4.78 is 11.6. The molecule has 2 aromatic rings. The number of nitro groups is 1. The van der Waals surface area contributed by atoms with Crippen molar-refractivity contribution in [2.75, 3.05) is 17.7 Å². The third-order valence-corrected chi connectivity index (χ3v) is 4.20. The van der Waals surface area contributed by atoms with Gasteiger partial charge in [0.15, 0.2) is 0 Å². The van der Waals surface area contributed by atoms with Gasteiger partial charge in [-0.05, 0) is 17.7 Å². The molecule has 0 fully saturated rings. The van der Waals surface area contributed by atoms with E-state index in [0.29, 0.717) is 0 Å². The van der Waals surface area contributed by atoms with Crippen molar-refractivity contribution in [1.29, 1.82) is 0 Å². The van der Waals surface area contributed by atoms with Crippen LogP contribution in [-0.4, -0.2) is 27.0 Å². The van der Waals surface area contributed by atoms with Gasteiger partial charge in [0, 0.05) is 34.4 Å². The summed E-state index contributed by atoms with van der Waals surface area (Å²) in [7, 11) is -1.13. The average Bonchev–Trinajstić information content (AvgIpc) is 2.54. The second kappa shape index (κ2) is 7.69. The number of nitrogen functional groups attached to an aromatic ring is 1. The third kappa shape index (κ3) is 4.39. The van der Waals surface area contributed by atoms with E-state index < -0.39 is 27.7 Å². The van der Waals surface area contributed by atoms with Crippen LogP contribution in [0.5, 0.6) is 0 Å². The standard InChI is InChI=1S/C16H17N3O4S/c1-24(23)10-14(11-5-3-2-4-6-11)18-16(20)12-7-8-13(17)15(9-12)19(21)22/h2-9,14H,10,17H2,1H3,(H,18,20)/t14-,24-/m1/s1. The number of nitrogens with two attached hydrogens (primary N) is 1. The Morgan fingerprint density at radius 3 is 2.54 bits per heavy atom. The molecule has 2 rings (SSSR count). The lowest BCUT2D eigenvalue weighted by molar-refractivity contribution is -0.383. The molecule has 1 amide bonds. The van der Waals surface area contributed by atoms with Crippen LogP contribution in [0.3, 0.4) is 0 Å². The van der Waals surface area contributed by atoms with Crippen LogP contribution >= 0.6 is 0 Å². The van der Waals surface area contributed by atoms with Crippen molar-refractivity contribution in [1.82, 2.24) is 5.32 Å². The molecule has 0 saturated carbocycles. The number of carbonyl (C=O) groups is 1. The fourth-order valence-corrected chi connectivity index (χ4v) is 2.97. The molecule has 24 heavy (non-hydrogen) atoms. The van der Waals surface area contributed by atoms with Gasteiger partial charge in [-0.3, -0.25) is 19.1 Å². The summed E-state index contributed by atoms with van der Waals surface area (Å²) in [5.74, 6) is -0.246. The molecule has 0 aromatic heterocycles. The van der Waals surface area contributed by atoms with E-state index in [1.165, 1.54) is 12.1 Å². The van der Waals surface area contributed by atoms with E-state index in [-0.39, 0.29) is 22.7 Å². The number of hydrogen-bond acceptors (Lipinski definition) is 5. The number of anilines is 1. The van der Waals surface area contributed by atoms with E-state index in [0.717, 1.165) is 11.6 Å². The molecule has 126 valence electrons. The number of nitrogens with zero attached hydrogens (tertiary/aromatic N) is 1. The molecule has 0 radical (unpaired) electrons. The second-order valence-electron chi connectivity index (χ2n) is 5.21. The van der Waals surface area contributed by atoms with Gasteiger partial charge >= 0.3 is 0 Å². The molecule has 0 bridgehead atoms. The van der Waals surface area contributed by atoms with Crippen molar-refractivity contribution in [3.8, 4) is 0 Å². The number of benzene rings is 2. The number of rotatable bonds is 6. The molecule has 0 aliphatic carbocycles. The molecule has 2 atom stereocenters. The van der Waals surface area contributed by atoms with Gasteiger partial charge in [0.2, 0.25) is 0 Å². The predicted molar refractivity (Wildman–Crippen MR) is 93.1 cm³/mol. The minimum absolute atomic E-state index is 0.00850. The van der Waals surface area contributed by atoms with E-state index in [1.807, 2.05) is 30.3 Å². The predicted octanol–water partition coefficient (Wildman–Crippen LogP) is 2.03. The first-order chi connectivity index (χ1) is 11.4. The van der Waals surface area contributed by atoms with Gasteiger partial charge in [-0.15, -0.1) is 0 Å². The summed E-state index contributed by atoms with van der Waals surface area (Å²) in [6, 6.07) is 12.5. The van der Waals surface area contributed by atoms with Gasteiger partial charge in [-0.1, -0.05) is 30.3 Å². The zero-order valence-corrected chi connectivity index (χ0v) is 13.8. The summed E-state index contributed by atoms with van der Waals surface area (Å²) in [5.41, 5.74) is 6.14. The molecule has 0 heterocycles. The average molecular weight is 347 g/mol. The normalized spacial score (nSPS) is 13.0. The molecule has 7 nitrogen and oxygen atoms in total. The topological polar surface area (TPSA) is 115 Å². The Bertz CT molecular complexity index is 780. The molecule has 0 saturated heterocycles. The maximum Gasteiger partial charge on any atom is 0.292 e. The van der Waals surface area contributed by atoms with Gasteiger partial charge in [0.25, 0.3) is 11.6 Å². The Hall–Kier alpha value is -2.74. The van der Waals surface area contributed by atoms with E-state index >= 15 is 0 Å². The van der Waals surface area contributed by atoms with Crippen LogP contribution in [0.4, 0.5) is 11.4 Å². The number of carbonyl (C=O) groups excluding carboxylic acids is 1. The Labute approximate surface area is 141 Å². The maximum absolute atomic E-state index is 12.4. The number of hydrogen-bond donors (Lipinski definition) is 2. The van der Waals surface area contributed by atoms with E-state index in [2.05, 4.69) is 5.32 Å². The first kappa shape index (κ1) is 17.6. The number of nitrogens with one attached hydrogen (secondary N) is 1. The summed E-state index contributed by atoms with van der Waals surface area (Å²) in [5, 5.41) is 13.7. The van der Waals surface area contributed by atoms with Crippen LogP contribution in [0.25, 0.3) is 0 Å². The molecular formula is C16H17N3O4S. The number of amides is 1. The molecular weight excluding hydrogens is 330 g/mol. The van der Waals surface area contributed by atoms with Crippen LogP contribution in [0, 0.1) is 10.1 Å². The van der Waals surface area contributed by atoms with Crippen molar-refractivity contribution >= 4 is 28.1 Å². The quantitative estimate of drug-likeness (QED) is 0.471. The highest BCUT2D eigenvalue weighted by Crippen LogP contribution is 2.23. The zero-order valence-electron chi connectivity index (χ0n) is 13.0. The monoisotopic (exact) mass is 347 g/mol. The lowest BCUT2D eigenvalue weighted by Crippen LogP contribution is -2.32. The van der Waals surface area contributed by atoms with Crippen LogP contribution in [0.1, 0.15) is 22.0 Å². The highest BCUT2D eigenvalue weighted by molar-refractivity contribution is 7.84. The second-order valence-corrected chi connectivity index (χ2v) is 6.69. The van der Waals surface area contributed by atoms with Gasteiger partial charge < -0.3 is 11.1 Å². The molecule has 8 heteroatoms. The number of nitro benzene ring substituents is 1. The minimum Gasteiger partial charge on any atom is -0.393 e. The Kier molecular flexibility index (Phi) is 5.64. The highest BCUT2D eigenvalue weighted by Gasteiger charge is 2.20. The Morgan fingerprint density at radius 1 is 1.29 bits per heavy atom. The largest absolute Gasteiger partial charge is 0.393 e. The lowest BCUT2D eigenvalue weighted by Gasteiger charge is -2.18. The molecule has 0 spiro atoms. The SMILES string of the molecule is C[S@@](=O)C[C@@H](NC(=O)c1ccc(N)c([N+](=O)[O-])c1)c1ccccc1. The van der Waals surface area contributed by atoms with Crippen LogP contribution in [-0.2, 0) is 10.8 Å². The molecule has 2 aromatic carbocycles. The van der Waals surface area contributed by atoms with Crippen LogP contribution in [0.15, 0.2) is 48.5 Å². The maximum atomic E-state index is 12.4. The van der Waals surface area contributed by atoms with Crippen molar-refractivity contribution in [2.45, 2.75) is 6.04 Å². The minimum atomic E-state index is -1.13. The van der Waals surface area contributed by atoms with E-state index in [9.17, 15) is 19.1 Å². The van der Waals surface area contributed by atoms with Gasteiger partial charge in [-0.25, -0.2) is 0 Å². The third-order valence-electron chi connectivity index (χ3n) is 3.40. The van der Waals surface area contributed by atoms with Gasteiger partial charge in [0.1, 0.15) is 5.69 Å². The first-order valence-corrected chi connectivity index (χ1v) is 8.81. The van der Waals surface area contributed by atoms with Crippen molar-refractivity contribution in [2.24, 2.45) is 0 Å². The fraction of sp³-hybridized carbons (Fsp3) is 0.188. The van der Waals surface area contributed by atoms with Gasteiger partial charge in [0.05, 0.1) is 11.0 Å².